The van der Waals surface area contributed by atoms with E-state index in [9.17, 15) is 14.8 Å². The van der Waals surface area contributed by atoms with Gasteiger partial charge < -0.3 is 24.9 Å². The number of hydroxylamine groups is 1. The van der Waals surface area contributed by atoms with Gasteiger partial charge in [-0.05, 0) is 42.7 Å². The van der Waals surface area contributed by atoms with Gasteiger partial charge in [0.05, 0.1) is 31.0 Å². The first-order chi connectivity index (χ1) is 15.4. The number of ether oxygens (including phenoxy) is 2. The smallest absolute Gasteiger partial charge is 0.257 e. The molecular weight excluding hydrogens is 410 g/mol. The van der Waals surface area contributed by atoms with Crippen molar-refractivity contribution in [1.82, 2.24) is 10.4 Å². The molecule has 0 fully saturated rings. The normalized spacial score (nSPS) is 13.8. The maximum atomic E-state index is 13.5. The molecule has 172 valence electrons. The van der Waals surface area contributed by atoms with Crippen molar-refractivity contribution < 1.29 is 24.3 Å². The summed E-state index contributed by atoms with van der Waals surface area (Å²) in [7, 11) is 1.58. The third-order valence-electron chi connectivity index (χ3n) is 5.53. The molecule has 32 heavy (non-hydrogen) atoms. The molecule has 0 unspecified atom stereocenters. The van der Waals surface area contributed by atoms with Crippen LogP contribution in [0.2, 0.25) is 0 Å². The van der Waals surface area contributed by atoms with Crippen LogP contribution in [0, 0.1) is 5.92 Å². The molecule has 1 atom stereocenters. The predicted octanol–water partition coefficient (Wildman–Crippen LogP) is 3.75. The van der Waals surface area contributed by atoms with Crippen molar-refractivity contribution in [3.63, 3.8) is 0 Å². The number of benzene rings is 2. The van der Waals surface area contributed by atoms with Crippen molar-refractivity contribution in [1.29, 1.82) is 0 Å². The van der Waals surface area contributed by atoms with Crippen molar-refractivity contribution in [3.05, 3.63) is 53.1 Å². The van der Waals surface area contributed by atoms with Gasteiger partial charge in [-0.3, -0.25) is 9.59 Å². The van der Waals surface area contributed by atoms with E-state index in [1.807, 2.05) is 51.1 Å². The minimum Gasteiger partial charge on any atom is -0.493 e. The van der Waals surface area contributed by atoms with Gasteiger partial charge in [0.25, 0.3) is 5.91 Å². The minimum absolute atomic E-state index is 0.137. The molecule has 0 bridgehead atoms. The summed E-state index contributed by atoms with van der Waals surface area (Å²) in [6.45, 7) is 6.71. The summed E-state index contributed by atoms with van der Waals surface area (Å²) in [5, 5.41) is 12.1. The number of amides is 2. The van der Waals surface area contributed by atoms with Crippen LogP contribution in [0.15, 0.2) is 36.4 Å². The summed E-state index contributed by atoms with van der Waals surface area (Å²) in [5.41, 5.74) is 4.96. The first-order valence-corrected chi connectivity index (χ1v) is 10.8. The number of carbonyl (C=O) groups excluding carboxylic acids is 2. The molecule has 3 N–H and O–H groups in total. The van der Waals surface area contributed by atoms with Crippen LogP contribution in [-0.2, 0) is 11.3 Å². The first-order valence-electron chi connectivity index (χ1n) is 10.8. The average Bonchev–Trinajstić information content (AvgIpc) is 3.11. The second kappa shape index (κ2) is 10.5. The van der Waals surface area contributed by atoms with E-state index < -0.39 is 0 Å². The summed E-state index contributed by atoms with van der Waals surface area (Å²) in [4.78, 5) is 27.5. The lowest BCUT2D eigenvalue weighted by molar-refractivity contribution is -0.118. The van der Waals surface area contributed by atoms with Gasteiger partial charge >= 0.3 is 0 Å². The zero-order valence-corrected chi connectivity index (χ0v) is 19.0. The molecule has 1 heterocycles. The van der Waals surface area contributed by atoms with Gasteiger partial charge in [-0.2, -0.15) is 0 Å². The number of rotatable bonds is 10. The van der Waals surface area contributed by atoms with E-state index in [0.717, 1.165) is 11.1 Å². The number of fused-ring (bicyclic) bond motifs is 1. The van der Waals surface area contributed by atoms with Gasteiger partial charge in [0, 0.05) is 19.0 Å². The fourth-order valence-corrected chi connectivity index (χ4v) is 3.89. The van der Waals surface area contributed by atoms with Crippen molar-refractivity contribution in [3.8, 4) is 11.5 Å². The molecule has 1 aliphatic rings. The zero-order valence-electron chi connectivity index (χ0n) is 19.0. The Morgan fingerprint density at radius 1 is 1.22 bits per heavy atom. The molecule has 0 saturated carbocycles. The van der Waals surface area contributed by atoms with Crippen LogP contribution >= 0.6 is 0 Å². The quantitative estimate of drug-likeness (QED) is 0.486. The van der Waals surface area contributed by atoms with E-state index >= 15 is 0 Å². The molecule has 8 nitrogen and oxygen atoms in total. The summed E-state index contributed by atoms with van der Waals surface area (Å²) in [5.74, 6) is 0.726. The molecule has 2 aromatic rings. The van der Waals surface area contributed by atoms with Crippen LogP contribution in [0.3, 0.4) is 0 Å². The lowest BCUT2D eigenvalue weighted by atomic mass is 10.0. The minimum atomic E-state index is -0.312. The van der Waals surface area contributed by atoms with E-state index in [-0.39, 0.29) is 23.8 Å². The Hall–Kier alpha value is -3.10. The number of hydrogen-bond acceptors (Lipinski definition) is 6. The monoisotopic (exact) mass is 441 g/mol. The third kappa shape index (κ3) is 4.87. The standard InChI is InChI=1S/C24H31N3O5/c1-5-32-21-13-16(9-10-20(21)31-4)19(11-12-25-30)27-14-17-7-6-8-18(22(17)24(27)29)26-23(28)15(2)3/h6-10,13,15,19,25,30H,5,11-12,14H2,1-4H3,(H,26,28)/t19-/m1/s1. The van der Waals surface area contributed by atoms with Gasteiger partial charge in [-0.1, -0.05) is 32.0 Å². The Morgan fingerprint density at radius 2 is 2.00 bits per heavy atom. The van der Waals surface area contributed by atoms with Crippen LogP contribution in [0.25, 0.3) is 0 Å². The molecule has 0 aromatic heterocycles. The highest BCUT2D eigenvalue weighted by Gasteiger charge is 2.35. The Morgan fingerprint density at radius 3 is 2.66 bits per heavy atom. The molecular formula is C24H31N3O5. The third-order valence-corrected chi connectivity index (χ3v) is 5.53. The second-order valence-electron chi connectivity index (χ2n) is 7.97. The Balaban J connectivity index is 1.96. The number of methoxy groups -OCH3 is 1. The summed E-state index contributed by atoms with van der Waals surface area (Å²) < 4.78 is 11.1. The molecule has 2 aromatic carbocycles. The molecule has 0 radical (unpaired) electrons. The van der Waals surface area contributed by atoms with Crippen LogP contribution in [0.5, 0.6) is 11.5 Å². The van der Waals surface area contributed by atoms with Gasteiger partial charge in [0.1, 0.15) is 0 Å². The lowest BCUT2D eigenvalue weighted by Crippen LogP contribution is -2.31. The number of nitrogens with one attached hydrogen (secondary N) is 2. The number of nitrogens with zero attached hydrogens (tertiary/aromatic N) is 1. The fraction of sp³-hybridized carbons (Fsp3) is 0.417. The van der Waals surface area contributed by atoms with Crippen LogP contribution in [0.4, 0.5) is 5.69 Å². The van der Waals surface area contributed by atoms with Gasteiger partial charge in [-0.15, -0.1) is 0 Å². The van der Waals surface area contributed by atoms with Gasteiger partial charge in [0.2, 0.25) is 5.91 Å². The van der Waals surface area contributed by atoms with Crippen molar-refractivity contribution in [2.24, 2.45) is 5.92 Å². The van der Waals surface area contributed by atoms with E-state index in [1.165, 1.54) is 0 Å². The summed E-state index contributed by atoms with van der Waals surface area (Å²) in [6, 6.07) is 10.8. The molecule has 1 aliphatic heterocycles. The fourth-order valence-electron chi connectivity index (χ4n) is 3.89. The zero-order chi connectivity index (χ0) is 23.3. The molecule has 3 rings (SSSR count). The van der Waals surface area contributed by atoms with E-state index in [4.69, 9.17) is 9.47 Å². The predicted molar refractivity (Wildman–Crippen MR) is 121 cm³/mol. The number of anilines is 1. The van der Waals surface area contributed by atoms with Crippen molar-refractivity contribution >= 4 is 17.5 Å². The van der Waals surface area contributed by atoms with E-state index in [0.29, 0.717) is 48.9 Å². The second-order valence-corrected chi connectivity index (χ2v) is 7.97. The molecule has 0 aliphatic carbocycles. The maximum absolute atomic E-state index is 13.5. The van der Waals surface area contributed by atoms with Crippen molar-refractivity contribution in [2.75, 3.05) is 25.6 Å². The average molecular weight is 442 g/mol. The largest absolute Gasteiger partial charge is 0.493 e. The summed E-state index contributed by atoms with van der Waals surface area (Å²) in [6.07, 6.45) is 0.488. The number of carbonyl (C=O) groups is 2. The first kappa shape index (κ1) is 23.6. The summed E-state index contributed by atoms with van der Waals surface area (Å²) >= 11 is 0. The Kier molecular flexibility index (Phi) is 7.71. The van der Waals surface area contributed by atoms with E-state index in [1.54, 1.807) is 18.1 Å². The topological polar surface area (TPSA) is 100 Å². The van der Waals surface area contributed by atoms with Crippen LogP contribution < -0.4 is 20.3 Å². The van der Waals surface area contributed by atoms with E-state index in [2.05, 4.69) is 10.8 Å². The van der Waals surface area contributed by atoms with Crippen LogP contribution in [-0.4, -0.2) is 42.2 Å². The van der Waals surface area contributed by atoms with Crippen molar-refractivity contribution in [2.45, 2.75) is 39.8 Å². The highest BCUT2D eigenvalue weighted by atomic mass is 16.5. The highest BCUT2D eigenvalue weighted by molar-refractivity contribution is 6.07. The highest BCUT2D eigenvalue weighted by Crippen LogP contribution is 2.39. The Bertz CT molecular complexity index is 976. The maximum Gasteiger partial charge on any atom is 0.257 e. The van der Waals surface area contributed by atoms with Gasteiger partial charge in [-0.25, -0.2) is 5.48 Å². The number of hydrogen-bond donors (Lipinski definition) is 3. The van der Waals surface area contributed by atoms with Gasteiger partial charge in [0.15, 0.2) is 11.5 Å². The molecule has 8 heteroatoms. The molecule has 2 amide bonds. The SMILES string of the molecule is CCOc1cc([C@@H](CCNO)N2Cc3cccc(NC(=O)C(C)C)c3C2=O)ccc1OC. The van der Waals surface area contributed by atoms with Crippen LogP contribution in [0.1, 0.15) is 54.7 Å². The lowest BCUT2D eigenvalue weighted by Gasteiger charge is -2.29. The molecule has 0 spiro atoms. The molecule has 0 saturated heterocycles. The Labute approximate surface area is 188 Å².